The molecule has 4 nitrogen and oxygen atoms in total. The number of halogens is 4. The van der Waals surface area contributed by atoms with Crippen molar-refractivity contribution in [2.24, 2.45) is 0 Å². The molecule has 0 radical (unpaired) electrons. The minimum atomic E-state index is -1.89. The third-order valence-corrected chi connectivity index (χ3v) is 8.35. The summed E-state index contributed by atoms with van der Waals surface area (Å²) in [5.74, 6) is 0. The summed E-state index contributed by atoms with van der Waals surface area (Å²) in [4.78, 5) is 11.2. The highest BCUT2D eigenvalue weighted by Gasteiger charge is 2.55. The van der Waals surface area contributed by atoms with Gasteiger partial charge in [-0.2, -0.15) is 5.26 Å². The Morgan fingerprint density at radius 3 is 2.58 bits per heavy atom. The smallest absolute Gasteiger partial charge is 0.258 e. The minimum absolute atomic E-state index is 0.137. The fraction of sp³-hybridized carbons (Fsp3) is 0.214. The first kappa shape index (κ1) is 19.8. The molecule has 2 rings (SSSR count). The van der Waals surface area contributed by atoms with E-state index in [4.69, 9.17) is 51.7 Å². The standard InChI is InChI=1S/C14H8Cl4N2O2S2/c15-12-10(20(21)22)5-3-7-13(12,14(16,17)18)24-23-11-6-2-1-4-9(11)8-19/h1-6H,7H2. The molecule has 1 aromatic carbocycles. The van der Waals surface area contributed by atoms with Crippen molar-refractivity contribution >= 4 is 68.0 Å². The first-order valence-corrected chi connectivity index (χ1v) is 10.0. The first-order chi connectivity index (χ1) is 11.2. The molecule has 0 spiro atoms. The van der Waals surface area contributed by atoms with Crippen LogP contribution in [0.4, 0.5) is 0 Å². The highest BCUT2D eigenvalue weighted by molar-refractivity contribution is 8.77. The Labute approximate surface area is 166 Å². The van der Waals surface area contributed by atoms with E-state index in [1.165, 1.54) is 16.9 Å². The van der Waals surface area contributed by atoms with Gasteiger partial charge in [0.25, 0.3) is 5.70 Å². The Balaban J connectivity index is 2.43. The maximum atomic E-state index is 11.2. The lowest BCUT2D eigenvalue weighted by molar-refractivity contribution is -0.420. The number of hydrogen-bond acceptors (Lipinski definition) is 5. The zero-order valence-electron chi connectivity index (χ0n) is 11.7. The van der Waals surface area contributed by atoms with Gasteiger partial charge in [-0.15, -0.1) is 0 Å². The van der Waals surface area contributed by atoms with Crippen molar-refractivity contribution in [3.05, 3.63) is 62.8 Å². The number of nitrogens with zero attached hydrogens (tertiary/aromatic N) is 2. The molecule has 0 amide bonds. The van der Waals surface area contributed by atoms with Crippen LogP contribution in [0.2, 0.25) is 0 Å². The van der Waals surface area contributed by atoms with E-state index in [0.717, 1.165) is 10.8 Å². The molecule has 0 aliphatic heterocycles. The van der Waals surface area contributed by atoms with Crippen LogP contribution >= 0.6 is 68.0 Å². The Morgan fingerprint density at radius 1 is 1.33 bits per heavy atom. The number of allylic oxidation sites excluding steroid dienone is 2. The molecule has 0 fully saturated rings. The molecule has 1 aromatic rings. The summed E-state index contributed by atoms with van der Waals surface area (Å²) < 4.78 is -3.24. The van der Waals surface area contributed by atoms with E-state index in [1.807, 2.05) is 0 Å². The number of nitriles is 1. The van der Waals surface area contributed by atoms with Crippen molar-refractivity contribution in [3.63, 3.8) is 0 Å². The lowest BCUT2D eigenvalue weighted by Gasteiger charge is -2.38. The molecule has 1 aliphatic rings. The van der Waals surface area contributed by atoms with Crippen LogP contribution in [0.1, 0.15) is 12.0 Å². The summed E-state index contributed by atoms with van der Waals surface area (Å²) >= 11 is 24.6. The summed E-state index contributed by atoms with van der Waals surface area (Å²) in [6.45, 7) is 0. The van der Waals surface area contributed by atoms with Gasteiger partial charge in [0.1, 0.15) is 15.8 Å². The third kappa shape index (κ3) is 3.82. The van der Waals surface area contributed by atoms with E-state index in [2.05, 4.69) is 6.07 Å². The molecule has 1 aliphatic carbocycles. The average molecular weight is 442 g/mol. The van der Waals surface area contributed by atoms with E-state index < -0.39 is 13.5 Å². The predicted molar refractivity (Wildman–Crippen MR) is 101 cm³/mol. The number of hydrogen-bond donors (Lipinski definition) is 0. The van der Waals surface area contributed by atoms with E-state index in [-0.39, 0.29) is 17.2 Å². The van der Waals surface area contributed by atoms with Gasteiger partial charge in [0.15, 0.2) is 0 Å². The van der Waals surface area contributed by atoms with E-state index in [9.17, 15) is 10.1 Å². The molecule has 0 N–H and O–H groups in total. The van der Waals surface area contributed by atoms with Crippen LogP contribution in [0.25, 0.3) is 0 Å². The fourth-order valence-corrected chi connectivity index (χ4v) is 6.94. The molecular formula is C14H8Cl4N2O2S2. The number of alkyl halides is 3. The zero-order valence-corrected chi connectivity index (χ0v) is 16.4. The third-order valence-electron chi connectivity index (χ3n) is 3.20. The van der Waals surface area contributed by atoms with Crippen molar-refractivity contribution in [2.45, 2.75) is 19.9 Å². The molecule has 126 valence electrons. The molecule has 0 saturated heterocycles. The normalized spacial score (nSPS) is 20.8. The summed E-state index contributed by atoms with van der Waals surface area (Å²) in [6, 6.07) is 8.98. The quantitative estimate of drug-likeness (QED) is 0.244. The van der Waals surface area contributed by atoms with Crippen LogP contribution in [0.3, 0.4) is 0 Å². The van der Waals surface area contributed by atoms with Crippen molar-refractivity contribution in [1.82, 2.24) is 0 Å². The van der Waals surface area contributed by atoms with Gasteiger partial charge in [0, 0.05) is 11.0 Å². The van der Waals surface area contributed by atoms with Crippen LogP contribution in [0, 0.1) is 21.4 Å². The van der Waals surface area contributed by atoms with Crippen molar-refractivity contribution in [1.29, 1.82) is 5.26 Å². The second kappa shape index (κ2) is 7.77. The maximum absolute atomic E-state index is 11.2. The molecule has 1 unspecified atom stereocenters. The predicted octanol–water partition coefficient (Wildman–Crippen LogP) is 6.09. The Morgan fingerprint density at radius 2 is 2.00 bits per heavy atom. The van der Waals surface area contributed by atoms with Gasteiger partial charge < -0.3 is 0 Å². The van der Waals surface area contributed by atoms with Crippen LogP contribution in [0.5, 0.6) is 0 Å². The topological polar surface area (TPSA) is 66.9 Å². The van der Waals surface area contributed by atoms with Gasteiger partial charge in [-0.3, -0.25) is 10.1 Å². The SMILES string of the molecule is N#Cc1ccccc1SSC1(C(Cl)(Cl)Cl)CC=CC([N+](=O)[O-])=C1Cl. The molecule has 10 heteroatoms. The van der Waals surface area contributed by atoms with Crippen LogP contribution in [-0.4, -0.2) is 13.5 Å². The lowest BCUT2D eigenvalue weighted by Crippen LogP contribution is -2.41. The fourth-order valence-electron chi connectivity index (χ4n) is 1.95. The molecule has 0 saturated carbocycles. The number of benzene rings is 1. The van der Waals surface area contributed by atoms with E-state index in [0.29, 0.717) is 10.5 Å². The van der Waals surface area contributed by atoms with E-state index >= 15 is 0 Å². The van der Waals surface area contributed by atoms with Gasteiger partial charge >= 0.3 is 0 Å². The summed E-state index contributed by atoms with van der Waals surface area (Å²) in [5.41, 5.74) is 0.145. The van der Waals surface area contributed by atoms with Gasteiger partial charge in [-0.05, 0) is 18.6 Å². The minimum Gasteiger partial charge on any atom is -0.258 e. The zero-order chi connectivity index (χ0) is 18.0. The molecule has 0 heterocycles. The molecule has 0 aromatic heterocycles. The van der Waals surface area contributed by atoms with Crippen LogP contribution in [-0.2, 0) is 0 Å². The second-order valence-electron chi connectivity index (χ2n) is 4.66. The van der Waals surface area contributed by atoms with Gasteiger partial charge in [0.2, 0.25) is 3.79 Å². The van der Waals surface area contributed by atoms with Crippen LogP contribution in [0.15, 0.2) is 52.0 Å². The summed E-state index contributed by atoms with van der Waals surface area (Å²) in [5, 5.41) is 20.2. The first-order valence-electron chi connectivity index (χ1n) is 6.35. The van der Waals surface area contributed by atoms with Crippen LogP contribution < -0.4 is 0 Å². The Kier molecular flexibility index (Phi) is 6.40. The molecule has 1 atom stereocenters. The molecule has 24 heavy (non-hydrogen) atoms. The Hall–Kier alpha value is -0.550. The van der Waals surface area contributed by atoms with Gasteiger partial charge in [0.05, 0.1) is 10.5 Å². The average Bonchev–Trinajstić information content (AvgIpc) is 2.52. The monoisotopic (exact) mass is 440 g/mol. The highest BCUT2D eigenvalue weighted by atomic mass is 35.6. The van der Waals surface area contributed by atoms with Crippen molar-refractivity contribution in [3.8, 4) is 6.07 Å². The second-order valence-corrected chi connectivity index (χ2v) is 9.79. The molecular weight excluding hydrogens is 434 g/mol. The van der Waals surface area contributed by atoms with Crippen molar-refractivity contribution in [2.75, 3.05) is 0 Å². The number of rotatable bonds is 4. The summed E-state index contributed by atoms with van der Waals surface area (Å²) in [7, 11) is 2.27. The van der Waals surface area contributed by atoms with Gasteiger partial charge in [-0.25, -0.2) is 0 Å². The van der Waals surface area contributed by atoms with Gasteiger partial charge in [-0.1, -0.05) is 86.2 Å². The highest BCUT2D eigenvalue weighted by Crippen LogP contribution is 2.61. The van der Waals surface area contributed by atoms with E-state index in [1.54, 1.807) is 30.3 Å². The van der Waals surface area contributed by atoms with Crippen molar-refractivity contribution < 1.29 is 4.92 Å². The lowest BCUT2D eigenvalue weighted by atomic mass is 9.99. The molecule has 0 bridgehead atoms. The number of nitro groups is 1. The maximum Gasteiger partial charge on any atom is 0.285 e. The largest absolute Gasteiger partial charge is 0.285 e. The Bertz CT molecular complexity index is 771. The summed E-state index contributed by atoms with van der Waals surface area (Å²) in [6.07, 6.45) is 3.05.